The number of hydrogen-bond acceptors (Lipinski definition) is 6. The van der Waals surface area contributed by atoms with Crippen molar-refractivity contribution in [2.24, 2.45) is 5.92 Å². The molecule has 3 aromatic rings. The third-order valence-corrected chi connectivity index (χ3v) is 8.25. The molecular formula is C28H28ClFN4O4. The molecule has 6 rings (SSSR count). The number of amides is 3. The fourth-order valence-electron chi connectivity index (χ4n) is 5.89. The molecule has 198 valence electrons. The van der Waals surface area contributed by atoms with E-state index in [0.29, 0.717) is 35.2 Å². The van der Waals surface area contributed by atoms with Crippen molar-refractivity contribution < 1.29 is 23.5 Å². The maximum atomic E-state index is 15.6. The lowest BCUT2D eigenvalue weighted by atomic mass is 9.73. The Kier molecular flexibility index (Phi) is 6.57. The molecule has 3 heterocycles. The van der Waals surface area contributed by atoms with Gasteiger partial charge in [0.05, 0.1) is 38.1 Å². The Morgan fingerprint density at radius 1 is 1.08 bits per heavy atom. The van der Waals surface area contributed by atoms with Crippen molar-refractivity contribution in [1.82, 2.24) is 10.3 Å². The second kappa shape index (κ2) is 10.0. The second-order valence-corrected chi connectivity index (χ2v) is 10.4. The number of carbonyl (C=O) groups excluding carboxylic acids is 2. The molecule has 4 unspecified atom stereocenters. The lowest BCUT2D eigenvalue weighted by molar-refractivity contribution is -0.125. The number of nitrogens with zero attached hydrogens (tertiary/aromatic N) is 3. The minimum atomic E-state index is -1.31. The van der Waals surface area contributed by atoms with Gasteiger partial charge in [0.1, 0.15) is 11.9 Å². The molecule has 1 aliphatic carbocycles. The van der Waals surface area contributed by atoms with E-state index >= 15 is 4.39 Å². The maximum absolute atomic E-state index is 15.6. The molecule has 1 aromatic heterocycles. The number of morpholine rings is 1. The lowest BCUT2D eigenvalue weighted by Crippen LogP contribution is -2.62. The van der Waals surface area contributed by atoms with E-state index in [-0.39, 0.29) is 12.8 Å². The summed E-state index contributed by atoms with van der Waals surface area (Å²) in [6.45, 7) is 2.80. The zero-order valence-corrected chi connectivity index (χ0v) is 21.7. The van der Waals surface area contributed by atoms with E-state index < -0.39 is 36.0 Å². The van der Waals surface area contributed by atoms with Gasteiger partial charge in [0.25, 0.3) is 0 Å². The molecule has 2 aliphatic heterocycles. The van der Waals surface area contributed by atoms with Crippen molar-refractivity contribution in [3.8, 4) is 5.75 Å². The molecule has 8 nitrogen and oxygen atoms in total. The van der Waals surface area contributed by atoms with Gasteiger partial charge in [0.2, 0.25) is 5.91 Å². The topological polar surface area (TPSA) is 84.0 Å². The predicted molar refractivity (Wildman–Crippen MR) is 143 cm³/mol. The normalized spacial score (nSPS) is 25.8. The van der Waals surface area contributed by atoms with E-state index in [2.05, 4.69) is 15.2 Å². The third kappa shape index (κ3) is 4.33. The van der Waals surface area contributed by atoms with Gasteiger partial charge in [-0.05, 0) is 48.7 Å². The van der Waals surface area contributed by atoms with Crippen molar-refractivity contribution in [2.75, 3.05) is 43.2 Å². The van der Waals surface area contributed by atoms with Gasteiger partial charge < -0.3 is 19.7 Å². The highest BCUT2D eigenvalue weighted by molar-refractivity contribution is 6.31. The van der Waals surface area contributed by atoms with Gasteiger partial charge in [-0.15, -0.1) is 0 Å². The Balaban J connectivity index is 1.30. The number of rotatable bonds is 4. The molecule has 3 amide bonds. The monoisotopic (exact) mass is 538 g/mol. The summed E-state index contributed by atoms with van der Waals surface area (Å²) in [6, 6.07) is 10.0. The van der Waals surface area contributed by atoms with Gasteiger partial charge in [-0.2, -0.15) is 0 Å². The molecule has 1 N–H and O–H groups in total. The first-order valence-corrected chi connectivity index (χ1v) is 13.1. The summed E-state index contributed by atoms with van der Waals surface area (Å²) in [7, 11) is 1.54. The molecule has 2 aromatic carbocycles. The Morgan fingerprint density at radius 2 is 1.89 bits per heavy atom. The number of alkyl halides is 1. The van der Waals surface area contributed by atoms with Crippen molar-refractivity contribution in [3.05, 3.63) is 59.4 Å². The fraction of sp³-hybridized carbons (Fsp3) is 0.393. The summed E-state index contributed by atoms with van der Waals surface area (Å²) in [6.07, 6.45) is 2.17. The van der Waals surface area contributed by atoms with Gasteiger partial charge in [0, 0.05) is 52.7 Å². The second-order valence-electron chi connectivity index (χ2n) is 9.98. The molecular weight excluding hydrogens is 511 g/mol. The Morgan fingerprint density at radius 3 is 2.68 bits per heavy atom. The van der Waals surface area contributed by atoms with Crippen molar-refractivity contribution in [1.29, 1.82) is 0 Å². The predicted octanol–water partition coefficient (Wildman–Crippen LogP) is 4.69. The minimum absolute atomic E-state index is 0.0181. The quantitative estimate of drug-likeness (QED) is 0.519. The van der Waals surface area contributed by atoms with Crippen LogP contribution >= 0.6 is 11.6 Å². The number of pyridine rings is 1. The lowest BCUT2D eigenvalue weighted by Gasteiger charge is -2.44. The molecule has 3 aliphatic rings. The number of imide groups is 1. The zero-order chi connectivity index (χ0) is 26.4. The average molecular weight is 539 g/mol. The van der Waals surface area contributed by atoms with E-state index in [1.165, 1.54) is 13.3 Å². The number of benzene rings is 2. The van der Waals surface area contributed by atoms with Crippen LogP contribution in [0.1, 0.15) is 24.3 Å². The van der Waals surface area contributed by atoms with E-state index in [4.69, 9.17) is 21.1 Å². The number of ether oxygens (including phenoxy) is 2. The SMILES string of the molecule is COc1ccc(Cl)c(C2CC3NC(=O)N(c4cncc5ccc(N6CCOCC6)cc45)C(=O)C3CC2F)c1. The number of nitrogens with one attached hydrogen (secondary N) is 1. The van der Waals surface area contributed by atoms with Gasteiger partial charge in [-0.25, -0.2) is 14.1 Å². The number of aromatic nitrogens is 1. The standard InChI is InChI=1S/C28H28ClFN4O4/c1-37-18-4-5-23(29)20(11-18)21-13-25-22(12-24(21)30)27(35)34(28(36)32-25)26-15-31-14-16-2-3-17(10-19(16)26)33-6-8-38-9-7-33/h2-5,10-11,14-15,21-22,24-25H,6-9,12-13H2,1H3,(H,32,36). The van der Waals surface area contributed by atoms with Crippen molar-refractivity contribution >= 4 is 45.7 Å². The summed E-state index contributed by atoms with van der Waals surface area (Å²) < 4.78 is 26.4. The number of fused-ring (bicyclic) bond motifs is 2. The Bertz CT molecular complexity index is 1400. The highest BCUT2D eigenvalue weighted by Crippen LogP contribution is 2.44. The van der Waals surface area contributed by atoms with Crippen LogP contribution in [0.4, 0.5) is 20.6 Å². The number of hydrogen-bond donors (Lipinski definition) is 1. The Hall–Kier alpha value is -3.43. The first-order chi connectivity index (χ1) is 18.4. The van der Waals surface area contributed by atoms with E-state index in [1.54, 1.807) is 24.4 Å². The summed E-state index contributed by atoms with van der Waals surface area (Å²) in [5, 5.41) is 4.96. The van der Waals surface area contributed by atoms with E-state index in [1.807, 2.05) is 18.2 Å². The first kappa shape index (κ1) is 24.9. The summed E-state index contributed by atoms with van der Waals surface area (Å²) in [5.41, 5.74) is 2.00. The highest BCUT2D eigenvalue weighted by Gasteiger charge is 2.49. The zero-order valence-electron chi connectivity index (χ0n) is 20.9. The first-order valence-electron chi connectivity index (χ1n) is 12.8. The van der Waals surface area contributed by atoms with Crippen LogP contribution in [0.25, 0.3) is 10.8 Å². The smallest absolute Gasteiger partial charge is 0.329 e. The van der Waals surface area contributed by atoms with Crippen LogP contribution in [-0.2, 0) is 9.53 Å². The van der Waals surface area contributed by atoms with Gasteiger partial charge in [-0.1, -0.05) is 17.7 Å². The molecule has 0 bridgehead atoms. The van der Waals surface area contributed by atoms with Crippen LogP contribution < -0.4 is 19.9 Å². The van der Waals surface area contributed by atoms with Gasteiger partial charge in [-0.3, -0.25) is 9.78 Å². The molecule has 0 radical (unpaired) electrons. The fourth-order valence-corrected chi connectivity index (χ4v) is 6.15. The molecule has 2 saturated heterocycles. The number of urea groups is 1. The van der Waals surface area contributed by atoms with Crippen LogP contribution in [0, 0.1) is 5.92 Å². The van der Waals surface area contributed by atoms with Crippen LogP contribution in [-0.4, -0.2) is 62.5 Å². The molecule has 10 heteroatoms. The van der Waals surface area contributed by atoms with Crippen LogP contribution in [0.15, 0.2) is 48.8 Å². The largest absolute Gasteiger partial charge is 0.497 e. The molecule has 4 atom stereocenters. The average Bonchev–Trinajstić information content (AvgIpc) is 2.94. The third-order valence-electron chi connectivity index (χ3n) is 7.90. The number of methoxy groups -OCH3 is 1. The molecule has 3 fully saturated rings. The van der Waals surface area contributed by atoms with E-state index in [0.717, 1.165) is 34.4 Å². The van der Waals surface area contributed by atoms with Crippen LogP contribution in [0.5, 0.6) is 5.75 Å². The number of halogens is 2. The van der Waals surface area contributed by atoms with Crippen LogP contribution in [0.3, 0.4) is 0 Å². The summed E-state index contributed by atoms with van der Waals surface area (Å²) in [4.78, 5) is 34.8. The van der Waals surface area contributed by atoms with Crippen LogP contribution in [0.2, 0.25) is 5.02 Å². The molecule has 38 heavy (non-hydrogen) atoms. The Labute approximate surface area is 224 Å². The van der Waals surface area contributed by atoms with Gasteiger partial charge in [0.15, 0.2) is 0 Å². The number of carbonyl (C=O) groups is 2. The minimum Gasteiger partial charge on any atom is -0.497 e. The van der Waals surface area contributed by atoms with Gasteiger partial charge >= 0.3 is 6.03 Å². The summed E-state index contributed by atoms with van der Waals surface area (Å²) >= 11 is 6.41. The van der Waals surface area contributed by atoms with Crippen molar-refractivity contribution in [3.63, 3.8) is 0 Å². The number of anilines is 2. The molecule has 1 saturated carbocycles. The van der Waals surface area contributed by atoms with Crippen molar-refractivity contribution in [2.45, 2.75) is 31.0 Å². The molecule has 0 spiro atoms. The van der Waals surface area contributed by atoms with E-state index in [9.17, 15) is 9.59 Å². The summed E-state index contributed by atoms with van der Waals surface area (Å²) in [5.74, 6) is -1.09. The maximum Gasteiger partial charge on any atom is 0.329 e. The highest BCUT2D eigenvalue weighted by atomic mass is 35.5.